The number of benzene rings is 1. The van der Waals surface area contributed by atoms with E-state index in [0.29, 0.717) is 10.0 Å². The average Bonchev–Trinajstić information content (AvgIpc) is 2.22. The van der Waals surface area contributed by atoms with Crippen molar-refractivity contribution in [2.75, 3.05) is 7.11 Å². The van der Waals surface area contributed by atoms with E-state index in [-0.39, 0.29) is 11.3 Å². The maximum atomic E-state index is 11.1. The minimum Gasteiger partial charge on any atom is -0.508 e. The smallest absolute Gasteiger partial charge is 0.339 e. The molecule has 1 aromatic carbocycles. The van der Waals surface area contributed by atoms with Gasteiger partial charge in [0, 0.05) is 10.0 Å². The molecule has 1 rings (SSSR count). The maximum Gasteiger partial charge on any atom is 0.339 e. The number of halogens is 1. The largest absolute Gasteiger partial charge is 0.508 e. The summed E-state index contributed by atoms with van der Waals surface area (Å²) >= 11 is 3.25. The summed E-state index contributed by atoms with van der Waals surface area (Å²) in [7, 11) is 1.18. The highest BCUT2D eigenvalue weighted by Crippen LogP contribution is 2.32. The number of aromatic hydroxyl groups is 1. The number of ether oxygens (including phenoxy) is 1. The molecule has 0 aromatic heterocycles. The zero-order valence-electron chi connectivity index (χ0n) is 8.32. The lowest BCUT2D eigenvalue weighted by atomic mass is 10.0. The standard InChI is InChI=1S/C10H11BrO4/c1-5-6(11)3-4-7(12)8(5)9(13)10(14)15-2/h3-4,9,12-13H,1-2H3. The van der Waals surface area contributed by atoms with E-state index in [1.165, 1.54) is 13.2 Å². The summed E-state index contributed by atoms with van der Waals surface area (Å²) in [5.74, 6) is -0.930. The van der Waals surface area contributed by atoms with Crippen molar-refractivity contribution in [3.63, 3.8) is 0 Å². The number of aliphatic hydroxyl groups excluding tert-OH is 1. The van der Waals surface area contributed by atoms with Gasteiger partial charge in [0.15, 0.2) is 6.10 Å². The Bertz CT molecular complexity index is 389. The van der Waals surface area contributed by atoms with Gasteiger partial charge in [0.2, 0.25) is 0 Å². The second-order valence-electron chi connectivity index (χ2n) is 3.03. The van der Waals surface area contributed by atoms with Crippen LogP contribution in [0.2, 0.25) is 0 Å². The summed E-state index contributed by atoms with van der Waals surface area (Å²) in [6, 6.07) is 3.04. The lowest BCUT2D eigenvalue weighted by molar-refractivity contribution is -0.150. The van der Waals surface area contributed by atoms with Gasteiger partial charge in [-0.1, -0.05) is 15.9 Å². The number of carbonyl (C=O) groups excluding carboxylic acids is 1. The average molecular weight is 275 g/mol. The number of rotatable bonds is 2. The normalized spacial score (nSPS) is 12.3. The third kappa shape index (κ3) is 2.30. The summed E-state index contributed by atoms with van der Waals surface area (Å²) in [5, 5.41) is 19.2. The lowest BCUT2D eigenvalue weighted by Gasteiger charge is -2.14. The van der Waals surface area contributed by atoms with Crippen molar-refractivity contribution in [3.8, 4) is 5.75 Å². The van der Waals surface area contributed by atoms with Crippen LogP contribution >= 0.6 is 15.9 Å². The molecular weight excluding hydrogens is 264 g/mol. The van der Waals surface area contributed by atoms with Crippen LogP contribution in [-0.2, 0) is 9.53 Å². The van der Waals surface area contributed by atoms with Gasteiger partial charge in [0.1, 0.15) is 5.75 Å². The van der Waals surface area contributed by atoms with E-state index >= 15 is 0 Å². The quantitative estimate of drug-likeness (QED) is 0.806. The molecule has 82 valence electrons. The van der Waals surface area contributed by atoms with Crippen LogP contribution in [0.25, 0.3) is 0 Å². The predicted octanol–water partition coefficient (Wildman–Crippen LogP) is 1.67. The Balaban J connectivity index is 3.24. The van der Waals surface area contributed by atoms with Gasteiger partial charge in [-0.25, -0.2) is 4.79 Å². The van der Waals surface area contributed by atoms with E-state index in [2.05, 4.69) is 20.7 Å². The van der Waals surface area contributed by atoms with Crippen LogP contribution in [0.3, 0.4) is 0 Å². The first-order valence-corrected chi connectivity index (χ1v) is 5.02. The number of methoxy groups -OCH3 is 1. The molecular formula is C10H11BrO4. The van der Waals surface area contributed by atoms with E-state index in [0.717, 1.165) is 0 Å². The monoisotopic (exact) mass is 274 g/mol. The molecule has 0 aliphatic carbocycles. The number of phenols is 1. The summed E-state index contributed by atoms with van der Waals surface area (Å²) in [6.07, 6.45) is -1.47. The molecule has 0 aliphatic heterocycles. The third-order valence-electron chi connectivity index (χ3n) is 2.12. The van der Waals surface area contributed by atoms with Crippen molar-refractivity contribution in [1.82, 2.24) is 0 Å². The Labute approximate surface area is 95.6 Å². The molecule has 0 saturated heterocycles. The van der Waals surface area contributed by atoms with Gasteiger partial charge >= 0.3 is 5.97 Å². The molecule has 1 atom stereocenters. The predicted molar refractivity (Wildman–Crippen MR) is 57.5 cm³/mol. The third-order valence-corrected chi connectivity index (χ3v) is 2.98. The number of hydrogen-bond acceptors (Lipinski definition) is 4. The van der Waals surface area contributed by atoms with Gasteiger partial charge in [-0.2, -0.15) is 0 Å². The Morgan fingerprint density at radius 3 is 2.67 bits per heavy atom. The van der Waals surface area contributed by atoms with Crippen LogP contribution in [-0.4, -0.2) is 23.3 Å². The number of carbonyl (C=O) groups is 1. The second-order valence-corrected chi connectivity index (χ2v) is 3.89. The van der Waals surface area contributed by atoms with Crippen molar-refractivity contribution in [2.45, 2.75) is 13.0 Å². The topological polar surface area (TPSA) is 66.8 Å². The Hall–Kier alpha value is -1.07. The first kappa shape index (κ1) is 12.0. The zero-order valence-corrected chi connectivity index (χ0v) is 9.91. The molecule has 15 heavy (non-hydrogen) atoms. The van der Waals surface area contributed by atoms with Crippen molar-refractivity contribution < 1.29 is 19.7 Å². The number of phenolic OH excluding ortho intramolecular Hbond substituents is 1. The summed E-state index contributed by atoms with van der Waals surface area (Å²) in [4.78, 5) is 11.1. The Morgan fingerprint density at radius 1 is 1.53 bits per heavy atom. The van der Waals surface area contributed by atoms with Crippen LogP contribution < -0.4 is 0 Å². The molecule has 0 amide bonds. The molecule has 1 aromatic rings. The van der Waals surface area contributed by atoms with Gasteiger partial charge < -0.3 is 14.9 Å². The SMILES string of the molecule is COC(=O)C(O)c1c(O)ccc(Br)c1C. The molecule has 0 aliphatic rings. The highest BCUT2D eigenvalue weighted by Gasteiger charge is 2.24. The van der Waals surface area contributed by atoms with E-state index in [1.807, 2.05) is 0 Å². The van der Waals surface area contributed by atoms with E-state index in [1.54, 1.807) is 13.0 Å². The Morgan fingerprint density at radius 2 is 2.13 bits per heavy atom. The molecule has 0 bridgehead atoms. The van der Waals surface area contributed by atoms with E-state index < -0.39 is 12.1 Å². The molecule has 4 nitrogen and oxygen atoms in total. The number of aliphatic hydroxyl groups is 1. The van der Waals surface area contributed by atoms with Gasteiger partial charge in [0.05, 0.1) is 7.11 Å². The summed E-state index contributed by atoms with van der Waals surface area (Å²) in [5.41, 5.74) is 0.768. The molecule has 5 heteroatoms. The molecule has 0 spiro atoms. The highest BCUT2D eigenvalue weighted by molar-refractivity contribution is 9.10. The second kappa shape index (κ2) is 4.63. The van der Waals surface area contributed by atoms with Gasteiger partial charge in [0.25, 0.3) is 0 Å². The van der Waals surface area contributed by atoms with E-state index in [9.17, 15) is 15.0 Å². The molecule has 0 radical (unpaired) electrons. The fourth-order valence-electron chi connectivity index (χ4n) is 1.26. The van der Waals surface area contributed by atoms with Gasteiger partial charge in [-0.05, 0) is 24.6 Å². The molecule has 2 N–H and O–H groups in total. The molecule has 0 fully saturated rings. The van der Waals surface area contributed by atoms with Gasteiger partial charge in [-0.3, -0.25) is 0 Å². The van der Waals surface area contributed by atoms with Crippen molar-refractivity contribution >= 4 is 21.9 Å². The van der Waals surface area contributed by atoms with Crippen molar-refractivity contribution in [3.05, 3.63) is 27.7 Å². The van der Waals surface area contributed by atoms with Crippen LogP contribution in [0, 0.1) is 6.92 Å². The van der Waals surface area contributed by atoms with Crippen molar-refractivity contribution in [1.29, 1.82) is 0 Å². The zero-order chi connectivity index (χ0) is 11.6. The molecule has 0 saturated carbocycles. The first-order chi connectivity index (χ1) is 6.99. The van der Waals surface area contributed by atoms with Crippen LogP contribution in [0.1, 0.15) is 17.2 Å². The Kier molecular flexibility index (Phi) is 3.71. The highest BCUT2D eigenvalue weighted by atomic mass is 79.9. The van der Waals surface area contributed by atoms with E-state index in [4.69, 9.17) is 0 Å². The summed E-state index contributed by atoms with van der Waals surface area (Å²) in [6.45, 7) is 1.69. The minimum absolute atomic E-state index is 0.131. The number of esters is 1. The fraction of sp³-hybridized carbons (Fsp3) is 0.300. The first-order valence-electron chi connectivity index (χ1n) is 4.23. The molecule has 1 unspecified atom stereocenters. The van der Waals surface area contributed by atoms with Crippen molar-refractivity contribution in [2.24, 2.45) is 0 Å². The number of hydrogen-bond donors (Lipinski definition) is 2. The van der Waals surface area contributed by atoms with Crippen LogP contribution in [0.5, 0.6) is 5.75 Å². The van der Waals surface area contributed by atoms with Crippen LogP contribution in [0.4, 0.5) is 0 Å². The maximum absolute atomic E-state index is 11.1. The lowest BCUT2D eigenvalue weighted by Crippen LogP contribution is -2.15. The minimum atomic E-state index is -1.47. The van der Waals surface area contributed by atoms with Crippen LogP contribution in [0.15, 0.2) is 16.6 Å². The fourth-order valence-corrected chi connectivity index (χ4v) is 1.61. The van der Waals surface area contributed by atoms with Gasteiger partial charge in [-0.15, -0.1) is 0 Å². The molecule has 0 heterocycles. The summed E-state index contributed by atoms with van der Waals surface area (Å²) < 4.78 is 5.11.